The summed E-state index contributed by atoms with van der Waals surface area (Å²) in [7, 11) is -3.35. The lowest BCUT2D eigenvalue weighted by Crippen LogP contribution is -2.57. The second-order valence-corrected chi connectivity index (χ2v) is 15.1. The molecule has 41 heavy (non-hydrogen) atoms. The van der Waals surface area contributed by atoms with Crippen molar-refractivity contribution in [2.24, 2.45) is 11.3 Å². The number of allylic oxidation sites excluding steroid dienone is 4. The SMILES string of the molecule is C=C(/C=C\C=C(\Cl)CF)[C@H]1[C@H](C(=O)N[C@H]2C[C@@H](NS(C)(=O)=O)C2)N[C@H](CC(C)(C)C)[C@]12C(=O)Nc1cc(Cl)ccc12. The van der Waals surface area contributed by atoms with Gasteiger partial charge in [0.05, 0.1) is 12.3 Å². The van der Waals surface area contributed by atoms with Crippen LogP contribution in [0.5, 0.6) is 0 Å². The van der Waals surface area contributed by atoms with Gasteiger partial charge in [0.2, 0.25) is 21.8 Å². The lowest BCUT2D eigenvalue weighted by molar-refractivity contribution is -0.125. The van der Waals surface area contributed by atoms with Crippen LogP contribution in [-0.4, -0.2) is 57.3 Å². The number of benzene rings is 1. The lowest BCUT2D eigenvalue weighted by Gasteiger charge is -2.38. The van der Waals surface area contributed by atoms with Gasteiger partial charge >= 0.3 is 0 Å². The van der Waals surface area contributed by atoms with Crippen molar-refractivity contribution in [3.8, 4) is 0 Å². The minimum Gasteiger partial charge on any atom is -0.352 e. The third-order valence-corrected chi connectivity index (χ3v) is 9.11. The first kappa shape index (κ1) is 31.7. The highest BCUT2D eigenvalue weighted by atomic mass is 35.5. The Morgan fingerprint density at radius 3 is 2.56 bits per heavy atom. The third kappa shape index (κ3) is 6.72. The molecule has 2 fully saturated rings. The van der Waals surface area contributed by atoms with E-state index in [4.69, 9.17) is 23.2 Å². The quantitative estimate of drug-likeness (QED) is 0.305. The van der Waals surface area contributed by atoms with E-state index < -0.39 is 40.1 Å². The third-order valence-electron chi connectivity index (χ3n) is 7.88. The number of hydrogen-bond donors (Lipinski definition) is 4. The summed E-state index contributed by atoms with van der Waals surface area (Å²) in [6.07, 6.45) is 7.22. The number of rotatable bonds is 9. The summed E-state index contributed by atoms with van der Waals surface area (Å²) in [5.41, 5.74) is 0.409. The zero-order valence-corrected chi connectivity index (χ0v) is 25.9. The molecular formula is C29H37Cl2FN4O4S. The van der Waals surface area contributed by atoms with E-state index in [2.05, 4.69) is 48.0 Å². The van der Waals surface area contributed by atoms with Gasteiger partial charge in [-0.05, 0) is 54.0 Å². The molecule has 1 saturated heterocycles. The zero-order chi connectivity index (χ0) is 30.3. The van der Waals surface area contributed by atoms with Crippen molar-refractivity contribution < 1.29 is 22.4 Å². The standard InChI is InChI=1S/C29H37Cl2FN4O4S/c1-16(7-6-8-18(31)15-32)24-25(26(37)33-19-12-20(13-19)36-41(5,39)40)35-23(14-28(2,3)4)29(24)21-10-9-17(30)11-22(21)34-27(29)38/h6-11,19-20,23-25,35-36H,1,12-15H2,2-5H3,(H,33,37)(H,34,38)/b7-6-,18-8+/t19-,20+,23-,24+,25-,29+/m1/s1. The van der Waals surface area contributed by atoms with Gasteiger partial charge in [0.25, 0.3) is 0 Å². The molecule has 4 atom stereocenters. The summed E-state index contributed by atoms with van der Waals surface area (Å²) in [6, 6.07) is 3.51. The molecule has 4 rings (SSSR count). The molecule has 1 aromatic carbocycles. The van der Waals surface area contributed by atoms with Gasteiger partial charge in [-0.1, -0.05) is 68.8 Å². The van der Waals surface area contributed by atoms with Gasteiger partial charge in [0.15, 0.2) is 0 Å². The van der Waals surface area contributed by atoms with E-state index in [1.807, 2.05) is 6.07 Å². The Labute approximate surface area is 251 Å². The number of halogens is 3. The predicted octanol–water partition coefficient (Wildman–Crippen LogP) is 4.32. The van der Waals surface area contributed by atoms with Crippen molar-refractivity contribution in [3.63, 3.8) is 0 Å². The molecule has 1 aromatic rings. The fraction of sp³-hybridized carbons (Fsp3) is 0.517. The van der Waals surface area contributed by atoms with Crippen molar-refractivity contribution in [1.29, 1.82) is 0 Å². The molecule has 0 aromatic heterocycles. The van der Waals surface area contributed by atoms with Crippen LogP contribution in [-0.2, 0) is 25.0 Å². The van der Waals surface area contributed by atoms with Gasteiger partial charge in [0, 0.05) is 39.8 Å². The Hall–Kier alpha value is -2.24. The lowest BCUT2D eigenvalue weighted by atomic mass is 9.62. The van der Waals surface area contributed by atoms with E-state index in [1.165, 1.54) is 6.08 Å². The van der Waals surface area contributed by atoms with Crippen LogP contribution in [0.1, 0.15) is 45.6 Å². The molecule has 3 aliphatic rings. The molecule has 2 amide bonds. The van der Waals surface area contributed by atoms with Gasteiger partial charge in [0.1, 0.15) is 12.1 Å². The molecule has 2 aliphatic heterocycles. The van der Waals surface area contributed by atoms with Crippen molar-refractivity contribution in [3.05, 3.63) is 64.2 Å². The number of amides is 2. The topological polar surface area (TPSA) is 116 Å². The molecule has 1 saturated carbocycles. The second kappa shape index (κ2) is 11.8. The summed E-state index contributed by atoms with van der Waals surface area (Å²) in [5.74, 6) is -1.28. The van der Waals surface area contributed by atoms with Crippen molar-refractivity contribution in [2.45, 2.75) is 69.6 Å². The first-order valence-electron chi connectivity index (χ1n) is 13.5. The number of carbonyl (C=O) groups excluding carboxylic acids is 2. The molecule has 0 bridgehead atoms. The van der Waals surface area contributed by atoms with Gasteiger partial charge in [-0.25, -0.2) is 17.5 Å². The van der Waals surface area contributed by atoms with Crippen molar-refractivity contribution in [1.82, 2.24) is 15.4 Å². The predicted molar refractivity (Wildman–Crippen MR) is 161 cm³/mol. The molecule has 0 unspecified atom stereocenters. The van der Waals surface area contributed by atoms with Gasteiger partial charge in [-0.15, -0.1) is 0 Å². The van der Waals surface area contributed by atoms with E-state index in [0.29, 0.717) is 35.5 Å². The van der Waals surface area contributed by atoms with E-state index in [-0.39, 0.29) is 34.3 Å². The summed E-state index contributed by atoms with van der Waals surface area (Å²) in [4.78, 5) is 28.0. The van der Waals surface area contributed by atoms with Crippen molar-refractivity contribution in [2.75, 3.05) is 18.2 Å². The monoisotopic (exact) mass is 626 g/mol. The molecule has 4 N–H and O–H groups in total. The Balaban J connectivity index is 1.75. The Morgan fingerprint density at radius 2 is 1.95 bits per heavy atom. The molecule has 0 radical (unpaired) electrons. The molecule has 1 aliphatic carbocycles. The second-order valence-electron chi connectivity index (χ2n) is 12.4. The van der Waals surface area contributed by atoms with Crippen LogP contribution in [0.2, 0.25) is 5.02 Å². The van der Waals surface area contributed by atoms with Gasteiger partial charge in [-0.3, -0.25) is 9.59 Å². The maximum Gasteiger partial charge on any atom is 0.238 e. The van der Waals surface area contributed by atoms with E-state index in [0.717, 1.165) is 11.8 Å². The Kier molecular flexibility index (Phi) is 9.12. The average Bonchev–Trinajstić information content (AvgIpc) is 3.30. The number of anilines is 1. The average molecular weight is 628 g/mol. The maximum atomic E-state index is 14.1. The van der Waals surface area contributed by atoms with Crippen LogP contribution in [0.15, 0.2) is 53.6 Å². The van der Waals surface area contributed by atoms with Crippen LogP contribution in [0.3, 0.4) is 0 Å². The Bertz CT molecular complexity index is 1400. The van der Waals surface area contributed by atoms with E-state index >= 15 is 0 Å². The Morgan fingerprint density at radius 1 is 1.27 bits per heavy atom. The number of sulfonamides is 1. The fourth-order valence-corrected chi connectivity index (χ4v) is 7.37. The highest BCUT2D eigenvalue weighted by Crippen LogP contribution is 2.55. The summed E-state index contributed by atoms with van der Waals surface area (Å²) >= 11 is 12.1. The van der Waals surface area contributed by atoms with Crippen LogP contribution in [0.4, 0.5) is 10.1 Å². The first-order chi connectivity index (χ1) is 19.0. The smallest absolute Gasteiger partial charge is 0.238 e. The van der Waals surface area contributed by atoms with E-state index in [1.54, 1.807) is 24.3 Å². The number of nitrogens with one attached hydrogen (secondary N) is 4. The fourth-order valence-electron chi connectivity index (χ4n) is 6.32. The number of fused-ring (bicyclic) bond motifs is 2. The van der Waals surface area contributed by atoms with Crippen LogP contribution >= 0.6 is 23.2 Å². The first-order valence-corrected chi connectivity index (χ1v) is 16.1. The molecule has 8 nitrogen and oxygen atoms in total. The minimum absolute atomic E-state index is 0.00838. The van der Waals surface area contributed by atoms with Crippen LogP contribution in [0, 0.1) is 11.3 Å². The number of alkyl halides is 1. The summed E-state index contributed by atoms with van der Waals surface area (Å²) in [5, 5.41) is 10.0. The van der Waals surface area contributed by atoms with Gasteiger partial charge < -0.3 is 16.0 Å². The molecule has 2 heterocycles. The normalized spacial score (nSPS) is 29.9. The molecule has 12 heteroatoms. The van der Waals surface area contributed by atoms with Gasteiger partial charge in [-0.2, -0.15) is 0 Å². The molecule has 1 spiro atoms. The molecule has 224 valence electrons. The summed E-state index contributed by atoms with van der Waals surface area (Å²) < 4.78 is 38.7. The zero-order valence-electron chi connectivity index (χ0n) is 23.6. The number of carbonyl (C=O) groups is 2. The van der Waals surface area contributed by atoms with Crippen LogP contribution in [0.25, 0.3) is 0 Å². The maximum absolute atomic E-state index is 14.1. The highest BCUT2D eigenvalue weighted by Gasteiger charge is 2.65. The largest absolute Gasteiger partial charge is 0.352 e. The molecular weight excluding hydrogens is 590 g/mol. The van der Waals surface area contributed by atoms with E-state index in [9.17, 15) is 22.4 Å². The van der Waals surface area contributed by atoms with Crippen molar-refractivity contribution >= 4 is 50.7 Å². The van der Waals surface area contributed by atoms with Crippen LogP contribution < -0.4 is 20.7 Å². The summed E-state index contributed by atoms with van der Waals surface area (Å²) in [6.45, 7) is 9.67. The number of hydrogen-bond acceptors (Lipinski definition) is 5. The highest BCUT2D eigenvalue weighted by molar-refractivity contribution is 7.88. The minimum atomic E-state index is -3.35.